The van der Waals surface area contributed by atoms with E-state index in [-0.39, 0.29) is 24.4 Å². The molecule has 1 heterocycles. The highest BCUT2D eigenvalue weighted by Crippen LogP contribution is 2.19. The van der Waals surface area contributed by atoms with Crippen molar-refractivity contribution in [3.05, 3.63) is 17.0 Å². The monoisotopic (exact) mass is 303 g/mol. The highest BCUT2D eigenvalue weighted by molar-refractivity contribution is 5.79. The molecule has 0 radical (unpaired) electrons. The molecule has 0 saturated heterocycles. The van der Waals surface area contributed by atoms with E-state index >= 15 is 0 Å². The van der Waals surface area contributed by atoms with Crippen molar-refractivity contribution in [2.75, 3.05) is 6.54 Å². The zero-order chi connectivity index (χ0) is 16.0. The number of carboxylic acid groups (broad SMARTS) is 1. The number of halogens is 2. The minimum Gasteiger partial charge on any atom is -0.481 e. The van der Waals surface area contributed by atoms with Crippen LogP contribution in [0.4, 0.5) is 8.78 Å². The van der Waals surface area contributed by atoms with E-state index in [1.165, 1.54) is 6.92 Å². The number of hydrogen-bond donors (Lipinski definition) is 2. The summed E-state index contributed by atoms with van der Waals surface area (Å²) in [6, 6.07) is 0. The summed E-state index contributed by atoms with van der Waals surface area (Å²) in [6.07, 6.45) is 1.10. The first-order valence-corrected chi connectivity index (χ1v) is 6.64. The van der Waals surface area contributed by atoms with E-state index in [2.05, 4.69) is 10.4 Å². The van der Waals surface area contributed by atoms with Crippen molar-refractivity contribution in [2.45, 2.75) is 46.1 Å². The molecule has 0 aromatic carbocycles. The Morgan fingerprint density at radius 2 is 2.00 bits per heavy atom. The van der Waals surface area contributed by atoms with E-state index in [9.17, 15) is 18.4 Å². The third-order valence-corrected chi connectivity index (χ3v) is 3.14. The Kier molecular flexibility index (Phi) is 6.26. The number of nitrogens with zero attached hydrogens (tertiary/aromatic N) is 2. The molecule has 0 atom stereocenters. The molecule has 0 aliphatic carbocycles. The molecule has 8 heteroatoms. The van der Waals surface area contributed by atoms with Gasteiger partial charge < -0.3 is 10.4 Å². The molecule has 1 amide bonds. The summed E-state index contributed by atoms with van der Waals surface area (Å²) in [5.41, 5.74) is 1.19. The van der Waals surface area contributed by atoms with Gasteiger partial charge in [0.25, 0.3) is 0 Å². The lowest BCUT2D eigenvalue weighted by Gasteiger charge is -2.06. The maximum absolute atomic E-state index is 12.7. The Morgan fingerprint density at radius 1 is 1.33 bits per heavy atom. The van der Waals surface area contributed by atoms with Gasteiger partial charge in [-0.3, -0.25) is 9.59 Å². The molecule has 0 bridgehead atoms. The Labute approximate surface area is 121 Å². The molecule has 0 aliphatic heterocycles. The van der Waals surface area contributed by atoms with Crippen molar-refractivity contribution in [3.63, 3.8) is 0 Å². The minimum atomic E-state index is -2.73. The van der Waals surface area contributed by atoms with Gasteiger partial charge in [0.15, 0.2) is 0 Å². The van der Waals surface area contributed by atoms with Crippen LogP contribution in [0.3, 0.4) is 0 Å². The Morgan fingerprint density at radius 3 is 2.52 bits per heavy atom. The Bertz CT molecular complexity index is 515. The van der Waals surface area contributed by atoms with Gasteiger partial charge in [0.2, 0.25) is 5.91 Å². The molecular weight excluding hydrogens is 284 g/mol. The highest BCUT2D eigenvalue weighted by atomic mass is 19.3. The lowest BCUT2D eigenvalue weighted by Crippen LogP contribution is -2.26. The van der Waals surface area contributed by atoms with Crippen molar-refractivity contribution in [2.24, 2.45) is 0 Å². The molecule has 0 unspecified atom stereocenters. The van der Waals surface area contributed by atoms with Crippen LogP contribution in [0, 0.1) is 13.8 Å². The van der Waals surface area contributed by atoms with Gasteiger partial charge in [0.05, 0.1) is 12.1 Å². The van der Waals surface area contributed by atoms with Crippen LogP contribution in [0.25, 0.3) is 0 Å². The standard InChI is InChI=1S/C13H19F2N3O3/c1-8-10(9(2)18(17-8)13(14)15)7-11(19)16-6-4-3-5-12(20)21/h13H,3-7H2,1-2H3,(H,16,19)(H,20,21). The average Bonchev–Trinajstić information content (AvgIpc) is 2.66. The average molecular weight is 303 g/mol. The topological polar surface area (TPSA) is 84.2 Å². The summed E-state index contributed by atoms with van der Waals surface area (Å²) in [6.45, 7) is 0.729. The quantitative estimate of drug-likeness (QED) is 0.717. The molecule has 118 valence electrons. The number of carbonyl (C=O) groups is 2. The molecule has 0 fully saturated rings. The number of carbonyl (C=O) groups excluding carboxylic acids is 1. The first kappa shape index (κ1) is 17.1. The number of rotatable bonds is 8. The molecular formula is C13H19F2N3O3. The Balaban J connectivity index is 2.46. The van der Waals surface area contributed by atoms with Crippen LogP contribution in [-0.4, -0.2) is 33.3 Å². The fourth-order valence-corrected chi connectivity index (χ4v) is 1.99. The molecule has 0 spiro atoms. The number of unbranched alkanes of at least 4 members (excludes halogenated alkanes) is 1. The highest BCUT2D eigenvalue weighted by Gasteiger charge is 2.18. The number of amides is 1. The largest absolute Gasteiger partial charge is 0.481 e. The van der Waals surface area contributed by atoms with E-state index < -0.39 is 12.5 Å². The van der Waals surface area contributed by atoms with E-state index in [4.69, 9.17) is 5.11 Å². The fourth-order valence-electron chi connectivity index (χ4n) is 1.99. The maximum Gasteiger partial charge on any atom is 0.333 e. The number of nitrogens with one attached hydrogen (secondary N) is 1. The van der Waals surface area contributed by atoms with Crippen molar-refractivity contribution >= 4 is 11.9 Å². The zero-order valence-electron chi connectivity index (χ0n) is 12.0. The summed E-state index contributed by atoms with van der Waals surface area (Å²) in [7, 11) is 0. The van der Waals surface area contributed by atoms with Gasteiger partial charge in [-0.15, -0.1) is 0 Å². The van der Waals surface area contributed by atoms with Crippen LogP contribution in [0.5, 0.6) is 0 Å². The van der Waals surface area contributed by atoms with Crippen LogP contribution < -0.4 is 5.32 Å². The van der Waals surface area contributed by atoms with Crippen LogP contribution in [-0.2, 0) is 16.0 Å². The summed E-state index contributed by atoms with van der Waals surface area (Å²) < 4.78 is 25.9. The number of hydrogen-bond acceptors (Lipinski definition) is 3. The summed E-state index contributed by atoms with van der Waals surface area (Å²) in [5.74, 6) is -1.16. The third-order valence-electron chi connectivity index (χ3n) is 3.14. The minimum absolute atomic E-state index is 0.0106. The molecule has 1 rings (SSSR count). The van der Waals surface area contributed by atoms with Crippen LogP contribution in [0.1, 0.15) is 42.8 Å². The van der Waals surface area contributed by atoms with Crippen LogP contribution >= 0.6 is 0 Å². The number of alkyl halides is 2. The predicted octanol–water partition coefficient (Wildman–Crippen LogP) is 1.81. The fraction of sp³-hybridized carbons (Fsp3) is 0.615. The first-order chi connectivity index (χ1) is 9.82. The van der Waals surface area contributed by atoms with Gasteiger partial charge in [-0.1, -0.05) is 0 Å². The maximum atomic E-state index is 12.7. The van der Waals surface area contributed by atoms with Gasteiger partial charge in [0, 0.05) is 24.2 Å². The van der Waals surface area contributed by atoms with E-state index in [0.717, 1.165) is 0 Å². The number of aromatic nitrogens is 2. The second-order valence-corrected chi connectivity index (χ2v) is 4.75. The molecule has 0 aliphatic rings. The van der Waals surface area contributed by atoms with Gasteiger partial charge in [0.1, 0.15) is 0 Å². The first-order valence-electron chi connectivity index (χ1n) is 6.64. The van der Waals surface area contributed by atoms with Gasteiger partial charge in [-0.05, 0) is 26.7 Å². The normalized spacial score (nSPS) is 10.9. The van der Waals surface area contributed by atoms with Gasteiger partial charge in [-0.25, -0.2) is 4.68 Å². The molecule has 0 saturated carbocycles. The smallest absolute Gasteiger partial charge is 0.333 e. The van der Waals surface area contributed by atoms with E-state index in [1.807, 2.05) is 0 Å². The predicted molar refractivity (Wildman–Crippen MR) is 71.2 cm³/mol. The summed E-state index contributed by atoms with van der Waals surface area (Å²) in [4.78, 5) is 22.1. The lowest BCUT2D eigenvalue weighted by molar-refractivity contribution is -0.137. The summed E-state index contributed by atoms with van der Waals surface area (Å²) in [5, 5.41) is 14.8. The van der Waals surface area contributed by atoms with Crippen molar-refractivity contribution in [1.29, 1.82) is 0 Å². The number of carboxylic acids is 1. The zero-order valence-corrected chi connectivity index (χ0v) is 12.0. The molecule has 1 aromatic heterocycles. The second-order valence-electron chi connectivity index (χ2n) is 4.75. The lowest BCUT2D eigenvalue weighted by atomic mass is 10.1. The van der Waals surface area contributed by atoms with E-state index in [1.54, 1.807) is 6.92 Å². The van der Waals surface area contributed by atoms with Gasteiger partial charge in [-0.2, -0.15) is 13.9 Å². The van der Waals surface area contributed by atoms with Crippen molar-refractivity contribution < 1.29 is 23.5 Å². The number of aliphatic carboxylic acids is 1. The molecule has 21 heavy (non-hydrogen) atoms. The molecule has 6 nitrogen and oxygen atoms in total. The summed E-state index contributed by atoms with van der Waals surface area (Å²) >= 11 is 0. The molecule has 2 N–H and O–H groups in total. The second kappa shape index (κ2) is 7.70. The third kappa shape index (κ3) is 5.13. The van der Waals surface area contributed by atoms with Crippen LogP contribution in [0.2, 0.25) is 0 Å². The van der Waals surface area contributed by atoms with Crippen LogP contribution in [0.15, 0.2) is 0 Å². The van der Waals surface area contributed by atoms with Gasteiger partial charge >= 0.3 is 12.5 Å². The van der Waals surface area contributed by atoms with Crippen molar-refractivity contribution in [3.8, 4) is 0 Å². The van der Waals surface area contributed by atoms with E-state index in [0.29, 0.717) is 35.3 Å². The van der Waals surface area contributed by atoms with Crippen molar-refractivity contribution in [1.82, 2.24) is 15.1 Å². The SMILES string of the molecule is Cc1nn(C(F)F)c(C)c1CC(=O)NCCCCC(=O)O. The molecule has 1 aromatic rings. The number of aryl methyl sites for hydroxylation is 1. The Hall–Kier alpha value is -1.99.